The standard InChI is InChI=1S/C35H30N2O5/c38-28-19-15-25(16-20-28)21-35(34(41)42)30-29(32(39)37(33(30)40)22-26-9-5-2-6-10-26)31(36-35)27-17-13-24(14-18-27)12-11-23-7-3-1-4-8-23/h1-20,29-31,36,38H,21-22H2,(H,41,42). The smallest absolute Gasteiger partial charge is 0.325 e. The molecule has 210 valence electrons. The Hall–Kier alpha value is -5.01. The SMILES string of the molecule is O=C1C2C(c3ccc(C=Cc4ccccc4)cc3)NC(Cc3ccc(O)cc3)(C(=O)O)C2C(=O)N1Cc1ccccc1. The van der Waals surface area contributed by atoms with Gasteiger partial charge in [-0.15, -0.1) is 0 Å². The summed E-state index contributed by atoms with van der Waals surface area (Å²) in [5.41, 5.74) is 2.44. The molecule has 4 aromatic carbocycles. The minimum absolute atomic E-state index is 0.0314. The van der Waals surface area contributed by atoms with Crippen LogP contribution >= 0.6 is 0 Å². The van der Waals surface area contributed by atoms with E-state index in [1.54, 1.807) is 12.1 Å². The molecule has 0 spiro atoms. The van der Waals surface area contributed by atoms with E-state index in [1.807, 2.05) is 97.1 Å². The van der Waals surface area contributed by atoms with E-state index in [0.29, 0.717) is 5.56 Å². The number of benzene rings is 4. The molecule has 2 fully saturated rings. The van der Waals surface area contributed by atoms with Crippen LogP contribution in [0.25, 0.3) is 12.2 Å². The molecule has 4 atom stereocenters. The summed E-state index contributed by atoms with van der Waals surface area (Å²) in [6.07, 6.45) is 3.96. The summed E-state index contributed by atoms with van der Waals surface area (Å²) in [4.78, 5) is 42.2. The molecule has 2 amide bonds. The second kappa shape index (κ2) is 11.1. The number of nitrogens with zero attached hydrogens (tertiary/aromatic N) is 1. The number of rotatable bonds is 8. The van der Waals surface area contributed by atoms with Crippen LogP contribution in [0, 0.1) is 11.8 Å². The number of carboxylic acid groups (broad SMARTS) is 1. The van der Waals surface area contributed by atoms with Crippen molar-refractivity contribution in [3.8, 4) is 5.75 Å². The largest absolute Gasteiger partial charge is 0.508 e. The Morgan fingerprint density at radius 1 is 0.762 bits per heavy atom. The topological polar surface area (TPSA) is 107 Å². The van der Waals surface area contributed by atoms with Crippen LogP contribution in [0.1, 0.15) is 33.9 Å². The molecule has 7 heteroatoms. The van der Waals surface area contributed by atoms with E-state index in [4.69, 9.17) is 0 Å². The van der Waals surface area contributed by atoms with Crippen LogP contribution in [0.3, 0.4) is 0 Å². The van der Waals surface area contributed by atoms with Crippen LogP contribution in [0.5, 0.6) is 5.75 Å². The number of hydrogen-bond acceptors (Lipinski definition) is 5. The second-order valence-electron chi connectivity index (χ2n) is 10.9. The van der Waals surface area contributed by atoms with Gasteiger partial charge >= 0.3 is 5.97 Å². The van der Waals surface area contributed by atoms with E-state index in [2.05, 4.69) is 5.32 Å². The molecule has 0 saturated carbocycles. The number of likely N-dealkylation sites (tertiary alicyclic amines) is 1. The summed E-state index contributed by atoms with van der Waals surface area (Å²) in [6, 6.07) is 32.3. The Morgan fingerprint density at radius 2 is 1.36 bits per heavy atom. The van der Waals surface area contributed by atoms with Gasteiger partial charge in [0.05, 0.1) is 18.4 Å². The Labute approximate surface area is 243 Å². The maximum atomic E-state index is 14.0. The van der Waals surface area contributed by atoms with E-state index >= 15 is 0 Å². The monoisotopic (exact) mass is 558 g/mol. The zero-order valence-corrected chi connectivity index (χ0v) is 22.8. The summed E-state index contributed by atoms with van der Waals surface area (Å²) in [5.74, 6) is -4.01. The van der Waals surface area contributed by atoms with Crippen molar-refractivity contribution in [2.45, 2.75) is 24.5 Å². The fourth-order valence-electron chi connectivity index (χ4n) is 6.21. The molecule has 0 radical (unpaired) electrons. The van der Waals surface area contributed by atoms with Gasteiger partial charge in [-0.3, -0.25) is 24.6 Å². The number of phenolic OH excluding ortho intramolecular Hbond substituents is 1. The number of carbonyl (C=O) groups excluding carboxylic acids is 2. The van der Waals surface area contributed by atoms with Gasteiger partial charge in [-0.1, -0.05) is 109 Å². The van der Waals surface area contributed by atoms with E-state index in [-0.39, 0.29) is 24.6 Å². The predicted octanol–water partition coefficient (Wildman–Crippen LogP) is 5.07. The summed E-state index contributed by atoms with van der Waals surface area (Å²) in [7, 11) is 0. The van der Waals surface area contributed by atoms with Gasteiger partial charge in [-0.25, -0.2) is 0 Å². The molecule has 0 aliphatic carbocycles. The third kappa shape index (κ3) is 4.99. The highest BCUT2D eigenvalue weighted by Gasteiger charge is 2.68. The number of imide groups is 1. The molecule has 2 saturated heterocycles. The normalized spacial score (nSPS) is 23.4. The van der Waals surface area contributed by atoms with Gasteiger partial charge in [0.15, 0.2) is 0 Å². The third-order valence-corrected chi connectivity index (χ3v) is 8.29. The third-order valence-electron chi connectivity index (χ3n) is 8.29. The summed E-state index contributed by atoms with van der Waals surface area (Å²) < 4.78 is 0. The zero-order valence-electron chi connectivity index (χ0n) is 22.8. The van der Waals surface area contributed by atoms with Crippen molar-refractivity contribution in [3.05, 3.63) is 137 Å². The number of aromatic hydroxyl groups is 1. The fraction of sp³-hybridized carbons (Fsp3) is 0.171. The highest BCUT2D eigenvalue weighted by molar-refractivity contribution is 6.09. The van der Waals surface area contributed by atoms with Gasteiger partial charge < -0.3 is 10.2 Å². The van der Waals surface area contributed by atoms with Gasteiger partial charge in [0.25, 0.3) is 0 Å². The molecule has 2 aliphatic rings. The highest BCUT2D eigenvalue weighted by atomic mass is 16.4. The predicted molar refractivity (Wildman–Crippen MR) is 159 cm³/mol. The lowest BCUT2D eigenvalue weighted by molar-refractivity contribution is -0.151. The molecule has 2 aliphatic heterocycles. The minimum atomic E-state index is -1.73. The summed E-state index contributed by atoms with van der Waals surface area (Å²) in [5, 5.41) is 23.7. The average Bonchev–Trinajstić information content (AvgIpc) is 3.48. The minimum Gasteiger partial charge on any atom is -0.508 e. The van der Waals surface area contributed by atoms with E-state index in [0.717, 1.165) is 22.3 Å². The van der Waals surface area contributed by atoms with Crippen molar-refractivity contribution in [3.63, 3.8) is 0 Å². The summed E-state index contributed by atoms with van der Waals surface area (Å²) >= 11 is 0. The molecular formula is C35H30N2O5. The molecule has 42 heavy (non-hydrogen) atoms. The van der Waals surface area contributed by atoms with Crippen molar-refractivity contribution < 1.29 is 24.6 Å². The van der Waals surface area contributed by atoms with Crippen LogP contribution in [0.15, 0.2) is 109 Å². The van der Waals surface area contributed by atoms with Gasteiger partial charge in [-0.2, -0.15) is 0 Å². The van der Waals surface area contributed by atoms with Gasteiger partial charge in [0.1, 0.15) is 11.3 Å². The summed E-state index contributed by atoms with van der Waals surface area (Å²) in [6.45, 7) is 0.0797. The maximum Gasteiger partial charge on any atom is 0.325 e. The molecule has 3 N–H and O–H groups in total. The Balaban J connectivity index is 1.37. The van der Waals surface area contributed by atoms with Crippen LogP contribution in [0.2, 0.25) is 0 Å². The first-order valence-electron chi connectivity index (χ1n) is 13.9. The molecule has 2 heterocycles. The quantitative estimate of drug-likeness (QED) is 0.206. The van der Waals surface area contributed by atoms with Crippen molar-refractivity contribution >= 4 is 29.9 Å². The van der Waals surface area contributed by atoms with Crippen LogP contribution in [-0.2, 0) is 27.3 Å². The molecule has 6 rings (SSSR count). The number of aliphatic carboxylic acids is 1. The number of carboxylic acids is 1. The number of fused-ring (bicyclic) bond motifs is 1. The molecule has 4 aromatic rings. The molecule has 0 aromatic heterocycles. The number of nitrogens with one attached hydrogen (secondary N) is 1. The maximum absolute atomic E-state index is 14.0. The Bertz CT molecular complexity index is 1630. The van der Waals surface area contributed by atoms with Crippen molar-refractivity contribution in [1.82, 2.24) is 10.2 Å². The highest BCUT2D eigenvalue weighted by Crippen LogP contribution is 2.50. The van der Waals surface area contributed by atoms with E-state index in [9.17, 15) is 24.6 Å². The Kier molecular flexibility index (Phi) is 7.19. The molecule has 4 unspecified atom stereocenters. The first kappa shape index (κ1) is 27.2. The van der Waals surface area contributed by atoms with Crippen molar-refractivity contribution in [1.29, 1.82) is 0 Å². The van der Waals surface area contributed by atoms with E-state index in [1.165, 1.54) is 17.0 Å². The van der Waals surface area contributed by atoms with Crippen LogP contribution in [-0.4, -0.2) is 38.4 Å². The number of amides is 2. The first-order chi connectivity index (χ1) is 20.4. The van der Waals surface area contributed by atoms with Crippen molar-refractivity contribution in [2.75, 3.05) is 0 Å². The van der Waals surface area contributed by atoms with Crippen LogP contribution in [0.4, 0.5) is 0 Å². The number of carbonyl (C=O) groups is 3. The lowest BCUT2D eigenvalue weighted by atomic mass is 9.76. The van der Waals surface area contributed by atoms with Crippen molar-refractivity contribution in [2.24, 2.45) is 11.8 Å². The Morgan fingerprint density at radius 3 is 1.98 bits per heavy atom. The number of hydrogen-bond donors (Lipinski definition) is 3. The first-order valence-corrected chi connectivity index (χ1v) is 13.9. The lowest BCUT2D eigenvalue weighted by Crippen LogP contribution is -2.57. The average molecular weight is 559 g/mol. The van der Waals surface area contributed by atoms with Crippen LogP contribution < -0.4 is 5.32 Å². The van der Waals surface area contributed by atoms with Gasteiger partial charge in [-0.05, 0) is 39.9 Å². The molecular weight excluding hydrogens is 528 g/mol. The lowest BCUT2D eigenvalue weighted by Gasteiger charge is -2.31. The zero-order chi connectivity index (χ0) is 29.3. The van der Waals surface area contributed by atoms with Gasteiger partial charge in [0, 0.05) is 12.5 Å². The second-order valence-corrected chi connectivity index (χ2v) is 10.9. The molecule has 0 bridgehead atoms. The number of phenols is 1. The molecule has 7 nitrogen and oxygen atoms in total. The van der Waals surface area contributed by atoms with E-state index < -0.39 is 35.3 Å². The van der Waals surface area contributed by atoms with Gasteiger partial charge in [0.2, 0.25) is 11.8 Å². The fourth-order valence-corrected chi connectivity index (χ4v) is 6.21.